The second-order valence-electron chi connectivity index (χ2n) is 1.09. The Morgan fingerprint density at radius 2 is 1.88 bits per heavy atom. The second kappa shape index (κ2) is 6.39. The van der Waals surface area contributed by atoms with Gasteiger partial charge in [-0.3, -0.25) is 0 Å². The minimum atomic E-state index is -0.935. The van der Waals surface area contributed by atoms with Gasteiger partial charge in [-0.15, -0.1) is 0 Å². The van der Waals surface area contributed by atoms with Crippen molar-refractivity contribution in [2.75, 3.05) is 0 Å². The van der Waals surface area contributed by atoms with Gasteiger partial charge in [-0.05, 0) is 6.92 Å². The molecule has 0 fully saturated rings. The maximum Gasteiger partial charge on any atom is 0.330 e. The third-order valence-electron chi connectivity index (χ3n) is 0.365. The highest BCUT2D eigenvalue weighted by Crippen LogP contribution is 1.81. The first-order valence-corrected chi connectivity index (χ1v) is 3.26. The van der Waals surface area contributed by atoms with Crippen LogP contribution in [0.4, 0.5) is 0 Å². The predicted octanol–water partition coefficient (Wildman–Crippen LogP) is -1.13. The van der Waals surface area contributed by atoms with Gasteiger partial charge in [0.1, 0.15) is 0 Å². The van der Waals surface area contributed by atoms with Crippen LogP contribution in [-0.4, -0.2) is 21.5 Å². The average molecular weight is 133 g/mol. The van der Waals surface area contributed by atoms with E-state index in [0.717, 1.165) is 10.4 Å². The molecule has 0 aliphatic carbocycles. The van der Waals surface area contributed by atoms with Crippen LogP contribution in [0.5, 0.6) is 0 Å². The van der Waals surface area contributed by atoms with Gasteiger partial charge in [0.05, 0.1) is 10.4 Å². The van der Waals surface area contributed by atoms with Gasteiger partial charge in [0.25, 0.3) is 0 Å². The summed E-state index contributed by atoms with van der Waals surface area (Å²) < 4.78 is 0. The molecule has 48 valence electrons. The van der Waals surface area contributed by atoms with E-state index in [0.29, 0.717) is 0 Å². The summed E-state index contributed by atoms with van der Waals surface area (Å²) in [6, 6.07) is 0. The lowest BCUT2D eigenvalue weighted by molar-refractivity contribution is -0.132. The summed E-state index contributed by atoms with van der Waals surface area (Å²) in [7, 11) is 0.806. The standard InChI is InChI=1S/C4H6O2.H5NSi/c1-3(2)4(5)6;1-2/h1H2,2H3,(H,5,6);1H2,2H3. The van der Waals surface area contributed by atoms with Crippen LogP contribution in [0.2, 0.25) is 0 Å². The van der Waals surface area contributed by atoms with Crippen LogP contribution in [0.3, 0.4) is 0 Å². The van der Waals surface area contributed by atoms with E-state index in [1.54, 1.807) is 0 Å². The molecule has 0 unspecified atom stereocenters. The molecule has 0 saturated heterocycles. The van der Waals surface area contributed by atoms with Crippen LogP contribution >= 0.6 is 0 Å². The lowest BCUT2D eigenvalue weighted by atomic mass is 10.4. The summed E-state index contributed by atoms with van der Waals surface area (Å²) >= 11 is 0. The van der Waals surface area contributed by atoms with Gasteiger partial charge >= 0.3 is 5.97 Å². The van der Waals surface area contributed by atoms with Crippen molar-refractivity contribution >= 4 is 16.4 Å². The maximum absolute atomic E-state index is 9.60. The fourth-order valence-corrected chi connectivity index (χ4v) is 0. The number of hydrogen-bond acceptors (Lipinski definition) is 2. The van der Waals surface area contributed by atoms with Crippen LogP contribution in [-0.2, 0) is 4.79 Å². The van der Waals surface area contributed by atoms with E-state index in [4.69, 9.17) is 5.11 Å². The van der Waals surface area contributed by atoms with Crippen molar-refractivity contribution in [1.29, 1.82) is 0 Å². The van der Waals surface area contributed by atoms with E-state index in [-0.39, 0.29) is 5.57 Å². The Hall–Kier alpha value is -0.613. The molecule has 0 rings (SSSR count). The number of rotatable bonds is 1. The number of carboxylic acids is 1. The summed E-state index contributed by atoms with van der Waals surface area (Å²) in [5.41, 5.74) is 0.176. The van der Waals surface area contributed by atoms with E-state index >= 15 is 0 Å². The van der Waals surface area contributed by atoms with Crippen LogP contribution in [0, 0.1) is 0 Å². The second-order valence-corrected chi connectivity index (χ2v) is 1.09. The van der Waals surface area contributed by atoms with Gasteiger partial charge in [0, 0.05) is 5.57 Å². The molecule has 0 spiro atoms. The number of nitrogens with two attached hydrogens (primary N) is 1. The van der Waals surface area contributed by atoms with Crippen LogP contribution < -0.4 is 5.40 Å². The first-order valence-electron chi connectivity index (χ1n) is 2.11. The van der Waals surface area contributed by atoms with E-state index in [2.05, 4.69) is 12.0 Å². The Bertz CT molecular complexity index is 80.0. The molecular weight excluding hydrogens is 122 g/mol. The monoisotopic (exact) mass is 133 g/mol. The van der Waals surface area contributed by atoms with Crippen molar-refractivity contribution < 1.29 is 9.90 Å². The normalized spacial score (nSPS) is 6.75. The number of hydrogen-bond donors (Lipinski definition) is 2. The first kappa shape index (κ1) is 10.4. The molecule has 0 saturated carbocycles. The number of carboxylic acid groups (broad SMARTS) is 1. The van der Waals surface area contributed by atoms with Crippen molar-refractivity contribution in [1.82, 2.24) is 0 Å². The SMILES string of the molecule is C=C(C)C(=O)O.N[SiH3]. The third kappa shape index (κ3) is 9.04. The molecule has 3 nitrogen and oxygen atoms in total. The topological polar surface area (TPSA) is 63.3 Å². The lowest BCUT2D eigenvalue weighted by Crippen LogP contribution is -1.92. The van der Waals surface area contributed by atoms with Gasteiger partial charge in [-0.25, -0.2) is 4.79 Å². The van der Waals surface area contributed by atoms with Gasteiger partial charge < -0.3 is 10.5 Å². The van der Waals surface area contributed by atoms with E-state index < -0.39 is 5.97 Å². The molecule has 0 radical (unpaired) electrons. The quantitative estimate of drug-likeness (QED) is 0.351. The molecule has 0 aromatic heterocycles. The molecule has 0 heterocycles. The molecule has 0 amide bonds. The first-order chi connectivity index (χ1) is 3.64. The van der Waals surface area contributed by atoms with Gasteiger partial charge in [-0.1, -0.05) is 6.58 Å². The molecule has 0 atom stereocenters. The highest BCUT2D eigenvalue weighted by atomic mass is 28.2. The smallest absolute Gasteiger partial charge is 0.330 e. The molecule has 0 bridgehead atoms. The Balaban J connectivity index is 0. The third-order valence-corrected chi connectivity index (χ3v) is 0.365. The summed E-state index contributed by atoms with van der Waals surface area (Å²) in [6.07, 6.45) is 0. The van der Waals surface area contributed by atoms with Crippen molar-refractivity contribution in [2.45, 2.75) is 6.92 Å². The zero-order chi connectivity index (χ0) is 7.15. The van der Waals surface area contributed by atoms with Crippen molar-refractivity contribution in [3.8, 4) is 0 Å². The Labute approximate surface area is 51.7 Å². The summed E-state index contributed by atoms with van der Waals surface area (Å²) in [5, 5.41) is 12.5. The molecule has 8 heavy (non-hydrogen) atoms. The van der Waals surface area contributed by atoms with E-state index in [9.17, 15) is 4.79 Å². The Morgan fingerprint density at radius 1 is 1.75 bits per heavy atom. The van der Waals surface area contributed by atoms with Crippen LogP contribution in [0.25, 0.3) is 0 Å². The summed E-state index contributed by atoms with van der Waals surface area (Å²) in [5.74, 6) is -0.935. The molecule has 3 N–H and O–H groups in total. The zero-order valence-corrected chi connectivity index (χ0v) is 7.14. The predicted molar refractivity (Wildman–Crippen MR) is 36.6 cm³/mol. The van der Waals surface area contributed by atoms with Crippen LogP contribution in [0.15, 0.2) is 12.2 Å². The molecule has 0 aliphatic rings. The van der Waals surface area contributed by atoms with Gasteiger partial charge in [0.15, 0.2) is 0 Å². The Morgan fingerprint density at radius 3 is 1.88 bits per heavy atom. The molecule has 0 aliphatic heterocycles. The number of carbonyl (C=O) groups is 1. The lowest BCUT2D eigenvalue weighted by Gasteiger charge is -1.79. The maximum atomic E-state index is 9.60. The van der Waals surface area contributed by atoms with Crippen molar-refractivity contribution in [2.24, 2.45) is 5.40 Å². The number of aliphatic carboxylic acids is 1. The molecule has 4 heteroatoms. The zero-order valence-electron chi connectivity index (χ0n) is 5.14. The summed E-state index contributed by atoms with van der Waals surface area (Å²) in [4.78, 5) is 9.60. The minimum absolute atomic E-state index is 0.176. The Kier molecular flexibility index (Phi) is 8.29. The average Bonchev–Trinajstić information content (AvgIpc) is 1.72. The molecule has 0 aromatic rings. The molecule has 0 aromatic carbocycles. The van der Waals surface area contributed by atoms with Crippen molar-refractivity contribution in [3.05, 3.63) is 12.2 Å². The van der Waals surface area contributed by atoms with Gasteiger partial charge in [0.2, 0.25) is 0 Å². The van der Waals surface area contributed by atoms with E-state index in [1.807, 2.05) is 0 Å². The summed E-state index contributed by atoms with van der Waals surface area (Å²) in [6.45, 7) is 4.60. The fraction of sp³-hybridized carbons (Fsp3) is 0.250. The largest absolute Gasteiger partial charge is 0.478 e. The minimum Gasteiger partial charge on any atom is -0.478 e. The fourth-order valence-electron chi connectivity index (χ4n) is 0. The highest BCUT2D eigenvalue weighted by Gasteiger charge is 1.90. The van der Waals surface area contributed by atoms with Crippen LogP contribution in [0.1, 0.15) is 6.92 Å². The highest BCUT2D eigenvalue weighted by molar-refractivity contribution is 6.02. The van der Waals surface area contributed by atoms with E-state index in [1.165, 1.54) is 6.92 Å². The molecular formula is C4H11NO2Si. The van der Waals surface area contributed by atoms with Gasteiger partial charge in [-0.2, -0.15) is 0 Å². The van der Waals surface area contributed by atoms with Crippen molar-refractivity contribution in [3.63, 3.8) is 0 Å².